The number of amidine groups is 1. The summed E-state index contributed by atoms with van der Waals surface area (Å²) in [6.45, 7) is 0.294. The zero-order chi connectivity index (χ0) is 11.8. The maximum atomic E-state index is 9.32. The van der Waals surface area contributed by atoms with Gasteiger partial charge in [0.25, 0.3) is 0 Å². The molecule has 0 aromatic heterocycles. The highest BCUT2D eigenvalue weighted by molar-refractivity contribution is 5.89. The Labute approximate surface area is 97.5 Å². The Morgan fingerprint density at radius 2 is 2.00 bits per heavy atom. The molecule has 0 saturated carbocycles. The second-order valence-corrected chi connectivity index (χ2v) is 3.88. The van der Waals surface area contributed by atoms with Crippen LogP contribution in [0.4, 0.5) is 0 Å². The zero-order valence-corrected chi connectivity index (χ0v) is 8.91. The van der Waals surface area contributed by atoms with E-state index in [-0.39, 0.29) is 0 Å². The van der Waals surface area contributed by atoms with Crippen LogP contribution in [0, 0.1) is 0 Å². The van der Waals surface area contributed by atoms with E-state index in [1.54, 1.807) is 6.07 Å². The average Bonchev–Trinajstić information content (AvgIpc) is 2.69. The molecule has 2 aliphatic heterocycles. The van der Waals surface area contributed by atoms with Crippen molar-refractivity contribution in [2.45, 2.75) is 18.6 Å². The van der Waals surface area contributed by atoms with Crippen LogP contribution in [-0.2, 0) is 0 Å². The third kappa shape index (κ3) is 1.81. The molecule has 6 heteroatoms. The van der Waals surface area contributed by atoms with Crippen molar-refractivity contribution in [3.8, 4) is 11.5 Å². The number of benzene rings is 1. The van der Waals surface area contributed by atoms with Crippen LogP contribution in [0.25, 0.3) is 0 Å². The quantitative estimate of drug-likeness (QED) is 0.610. The summed E-state index contributed by atoms with van der Waals surface area (Å²) in [6, 6.07) is 7.32. The summed E-state index contributed by atoms with van der Waals surface area (Å²) in [7, 11) is 0. The summed E-state index contributed by atoms with van der Waals surface area (Å²) in [6.07, 6.45) is -2.66. The van der Waals surface area contributed by atoms with Gasteiger partial charge in [-0.3, -0.25) is 0 Å². The van der Waals surface area contributed by atoms with E-state index in [1.165, 1.54) is 0 Å². The van der Waals surface area contributed by atoms with Crippen LogP contribution in [0.2, 0.25) is 0 Å². The molecular formula is C11H12N2O4. The van der Waals surface area contributed by atoms with Crippen molar-refractivity contribution < 1.29 is 19.7 Å². The van der Waals surface area contributed by atoms with E-state index in [9.17, 15) is 10.2 Å². The Bertz CT molecular complexity index is 463. The minimum absolute atomic E-state index is 0.294. The van der Waals surface area contributed by atoms with Crippen molar-refractivity contribution in [1.29, 1.82) is 0 Å². The molecule has 1 aromatic carbocycles. The van der Waals surface area contributed by atoms with Crippen LogP contribution in [0.3, 0.4) is 0 Å². The van der Waals surface area contributed by atoms with Gasteiger partial charge >= 0.3 is 0 Å². The molecule has 6 nitrogen and oxygen atoms in total. The predicted molar refractivity (Wildman–Crippen MR) is 58.9 cm³/mol. The third-order valence-electron chi connectivity index (χ3n) is 2.66. The summed E-state index contributed by atoms with van der Waals surface area (Å²) in [5.74, 6) is 1.71. The third-order valence-corrected chi connectivity index (χ3v) is 2.66. The zero-order valence-electron chi connectivity index (χ0n) is 8.91. The van der Waals surface area contributed by atoms with E-state index >= 15 is 0 Å². The van der Waals surface area contributed by atoms with E-state index in [1.807, 2.05) is 18.2 Å². The number of rotatable bonds is 1. The van der Waals surface area contributed by atoms with E-state index in [2.05, 4.69) is 10.3 Å². The van der Waals surface area contributed by atoms with Crippen molar-refractivity contribution in [2.24, 2.45) is 4.99 Å². The van der Waals surface area contributed by atoms with Gasteiger partial charge in [-0.1, -0.05) is 12.1 Å². The molecule has 0 aliphatic carbocycles. The first-order valence-corrected chi connectivity index (χ1v) is 5.33. The molecule has 0 saturated heterocycles. The Balaban J connectivity index is 1.79. The number of fused-ring (bicyclic) bond motifs is 1. The van der Waals surface area contributed by atoms with Crippen molar-refractivity contribution in [1.82, 2.24) is 5.32 Å². The average molecular weight is 236 g/mol. The summed E-state index contributed by atoms with van der Waals surface area (Å²) in [5.41, 5.74) is 0. The molecule has 0 bridgehead atoms. The topological polar surface area (TPSA) is 83.3 Å². The van der Waals surface area contributed by atoms with E-state index in [0.717, 1.165) is 0 Å². The van der Waals surface area contributed by atoms with E-state index in [4.69, 9.17) is 9.47 Å². The number of aliphatic hydroxyl groups is 2. The van der Waals surface area contributed by atoms with Gasteiger partial charge in [-0.05, 0) is 12.1 Å². The van der Waals surface area contributed by atoms with Crippen molar-refractivity contribution >= 4 is 5.84 Å². The molecule has 90 valence electrons. The van der Waals surface area contributed by atoms with E-state index in [0.29, 0.717) is 23.9 Å². The minimum Gasteiger partial charge on any atom is -0.485 e. The van der Waals surface area contributed by atoms with Gasteiger partial charge in [0.1, 0.15) is 12.4 Å². The summed E-state index contributed by atoms with van der Waals surface area (Å²) in [4.78, 5) is 3.87. The first-order chi connectivity index (χ1) is 8.24. The lowest BCUT2D eigenvalue weighted by atomic mass is 10.2. The molecule has 17 heavy (non-hydrogen) atoms. The van der Waals surface area contributed by atoms with Gasteiger partial charge in [0.15, 0.2) is 30.1 Å². The molecule has 2 aliphatic rings. The summed E-state index contributed by atoms with van der Waals surface area (Å²) < 4.78 is 11.2. The fourth-order valence-electron chi connectivity index (χ4n) is 1.81. The maximum Gasteiger partial charge on any atom is 0.192 e. The molecule has 0 spiro atoms. The molecule has 3 N–H and O–H groups in total. The van der Waals surface area contributed by atoms with Gasteiger partial charge in [-0.25, -0.2) is 4.99 Å². The molecule has 0 amide bonds. The van der Waals surface area contributed by atoms with Crippen LogP contribution in [0.15, 0.2) is 29.3 Å². The minimum atomic E-state index is -1.15. The number of ether oxygens (including phenoxy) is 2. The lowest BCUT2D eigenvalue weighted by Gasteiger charge is -2.26. The second kappa shape index (κ2) is 3.90. The fraction of sp³-hybridized carbons (Fsp3) is 0.364. The Morgan fingerprint density at radius 1 is 1.24 bits per heavy atom. The Morgan fingerprint density at radius 3 is 2.71 bits per heavy atom. The highest BCUT2D eigenvalue weighted by Crippen LogP contribution is 2.31. The van der Waals surface area contributed by atoms with Crippen LogP contribution in [-0.4, -0.2) is 41.2 Å². The molecule has 1 aromatic rings. The van der Waals surface area contributed by atoms with Gasteiger partial charge in [0, 0.05) is 0 Å². The van der Waals surface area contributed by atoms with E-state index < -0.39 is 18.6 Å². The van der Waals surface area contributed by atoms with Crippen LogP contribution >= 0.6 is 0 Å². The van der Waals surface area contributed by atoms with Gasteiger partial charge in [0.05, 0.1) is 0 Å². The van der Waals surface area contributed by atoms with Crippen LogP contribution < -0.4 is 14.8 Å². The fourth-order valence-corrected chi connectivity index (χ4v) is 1.81. The largest absolute Gasteiger partial charge is 0.485 e. The maximum absolute atomic E-state index is 9.32. The highest BCUT2D eigenvalue weighted by atomic mass is 16.6. The van der Waals surface area contributed by atoms with Gasteiger partial charge in [-0.2, -0.15) is 0 Å². The lowest BCUT2D eigenvalue weighted by molar-refractivity contribution is 0.0282. The lowest BCUT2D eigenvalue weighted by Crippen LogP contribution is -2.45. The predicted octanol–water partition coefficient (Wildman–Crippen LogP) is -0.535. The molecule has 0 radical (unpaired) electrons. The highest BCUT2D eigenvalue weighted by Gasteiger charge is 2.33. The number of nitrogens with one attached hydrogen (secondary N) is 1. The van der Waals surface area contributed by atoms with Gasteiger partial charge in [0.2, 0.25) is 0 Å². The molecular weight excluding hydrogens is 224 g/mol. The number of aliphatic imine (C=N–C) groups is 1. The van der Waals surface area contributed by atoms with Crippen molar-refractivity contribution in [3.05, 3.63) is 24.3 Å². The number of nitrogens with zero attached hydrogens (tertiary/aromatic N) is 1. The number of aliphatic hydroxyl groups excluding tert-OH is 2. The first kappa shape index (κ1) is 10.4. The normalized spacial score (nSPS) is 30.7. The van der Waals surface area contributed by atoms with Gasteiger partial charge in [-0.15, -0.1) is 0 Å². The SMILES string of the molecule is OC1N=C(C2COc3ccccc3O2)NC1O. The van der Waals surface area contributed by atoms with Crippen LogP contribution in [0.5, 0.6) is 11.5 Å². The van der Waals surface area contributed by atoms with Crippen molar-refractivity contribution in [3.63, 3.8) is 0 Å². The Kier molecular flexibility index (Phi) is 2.38. The van der Waals surface area contributed by atoms with Crippen LogP contribution in [0.1, 0.15) is 0 Å². The molecule has 2 heterocycles. The number of hydrogen-bond acceptors (Lipinski definition) is 6. The Hall–Kier alpha value is -1.79. The molecule has 3 unspecified atom stereocenters. The molecule has 3 rings (SSSR count). The monoisotopic (exact) mass is 236 g/mol. The standard InChI is InChI=1S/C11H12N2O4/c14-10-11(15)13-9(12-10)8-5-16-6-3-1-2-4-7(6)17-8/h1-4,8,10-11,14-15H,5H2,(H,12,13). The molecule has 0 fully saturated rings. The number of para-hydroxylation sites is 2. The molecule has 3 atom stereocenters. The second-order valence-electron chi connectivity index (χ2n) is 3.88. The first-order valence-electron chi connectivity index (χ1n) is 5.33. The van der Waals surface area contributed by atoms with Gasteiger partial charge < -0.3 is 25.0 Å². The smallest absolute Gasteiger partial charge is 0.192 e. The van der Waals surface area contributed by atoms with Crippen molar-refractivity contribution in [2.75, 3.05) is 6.61 Å². The number of hydrogen-bond donors (Lipinski definition) is 3. The summed E-state index contributed by atoms with van der Waals surface area (Å²) >= 11 is 0. The summed E-state index contributed by atoms with van der Waals surface area (Å²) in [5, 5.41) is 21.3.